The largest absolute Gasteiger partial charge is 0.369 e. The van der Waals surface area contributed by atoms with E-state index in [2.05, 4.69) is 108 Å². The molecule has 1 saturated heterocycles. The van der Waals surface area contributed by atoms with Crippen LogP contribution in [0.1, 0.15) is 99.8 Å². The van der Waals surface area contributed by atoms with Crippen molar-refractivity contribution < 1.29 is 0 Å². The van der Waals surface area contributed by atoms with Crippen molar-refractivity contribution >= 4 is 18.0 Å². The molecule has 244 valence electrons. The van der Waals surface area contributed by atoms with E-state index in [4.69, 9.17) is 9.97 Å². The zero-order valence-corrected chi connectivity index (χ0v) is 28.8. The monoisotopic (exact) mass is 617 g/mol. The summed E-state index contributed by atoms with van der Waals surface area (Å²) in [5.74, 6) is 1.95. The maximum atomic E-state index is 5.09. The van der Waals surface area contributed by atoms with Gasteiger partial charge >= 0.3 is 0 Å². The van der Waals surface area contributed by atoms with E-state index in [9.17, 15) is 0 Å². The summed E-state index contributed by atoms with van der Waals surface area (Å²) in [7, 11) is 0. The minimum atomic E-state index is 0.273. The maximum absolute atomic E-state index is 5.09. The topological polar surface area (TPSA) is 44.3 Å². The quantitative estimate of drug-likeness (QED) is 0.213. The Morgan fingerprint density at radius 2 is 1.54 bits per heavy atom. The third kappa shape index (κ3) is 9.04. The molecule has 2 heterocycles. The van der Waals surface area contributed by atoms with Gasteiger partial charge < -0.3 is 5.32 Å². The lowest BCUT2D eigenvalue weighted by Crippen LogP contribution is -2.48. The second-order valence-electron chi connectivity index (χ2n) is 12.7. The van der Waals surface area contributed by atoms with Crippen molar-refractivity contribution in [2.24, 2.45) is 0 Å². The van der Waals surface area contributed by atoms with Crippen LogP contribution in [0.4, 0.5) is 5.82 Å². The summed E-state index contributed by atoms with van der Waals surface area (Å²) in [6.07, 6.45) is 20.5. The van der Waals surface area contributed by atoms with Crippen molar-refractivity contribution in [3.05, 3.63) is 111 Å². The second-order valence-corrected chi connectivity index (χ2v) is 12.7. The molecule has 1 aliphatic heterocycles. The summed E-state index contributed by atoms with van der Waals surface area (Å²) in [4.78, 5) is 15.3. The molecule has 3 aromatic rings. The molecule has 0 bridgehead atoms. The fourth-order valence-corrected chi connectivity index (χ4v) is 6.83. The van der Waals surface area contributed by atoms with Gasteiger partial charge in [0.25, 0.3) is 0 Å². The number of hydrogen-bond donors (Lipinski definition) is 1. The number of aromatic nitrogens is 2. The van der Waals surface area contributed by atoms with Crippen LogP contribution in [-0.4, -0.2) is 52.5 Å². The zero-order chi connectivity index (χ0) is 32.1. The predicted molar refractivity (Wildman–Crippen MR) is 195 cm³/mol. The molecule has 0 radical (unpaired) electrons. The fraction of sp³-hybridized carbons (Fsp3) is 0.463. The lowest BCUT2D eigenvalue weighted by atomic mass is 9.94. The molecule has 0 amide bonds. The van der Waals surface area contributed by atoms with Gasteiger partial charge in [-0.2, -0.15) is 0 Å². The van der Waals surface area contributed by atoms with E-state index in [1.54, 1.807) is 5.57 Å². The number of aryl methyl sites for hydroxylation is 2. The van der Waals surface area contributed by atoms with Gasteiger partial charge in [-0.25, -0.2) is 9.97 Å². The molecule has 2 aromatic carbocycles. The van der Waals surface area contributed by atoms with Gasteiger partial charge in [0.1, 0.15) is 11.6 Å². The van der Waals surface area contributed by atoms with Crippen molar-refractivity contribution in [2.45, 2.75) is 91.6 Å². The van der Waals surface area contributed by atoms with Crippen LogP contribution in [0.15, 0.2) is 72.3 Å². The average Bonchev–Trinajstić information content (AvgIpc) is 3.10. The number of allylic oxidation sites excluding steroid dienone is 4. The van der Waals surface area contributed by atoms with Crippen molar-refractivity contribution in [1.29, 1.82) is 0 Å². The third-order valence-corrected chi connectivity index (χ3v) is 9.31. The van der Waals surface area contributed by atoms with E-state index < -0.39 is 0 Å². The minimum Gasteiger partial charge on any atom is -0.369 e. The molecule has 3 aliphatic rings. The van der Waals surface area contributed by atoms with Gasteiger partial charge in [-0.05, 0) is 68.6 Å². The van der Waals surface area contributed by atoms with Gasteiger partial charge in [-0.1, -0.05) is 117 Å². The molecule has 5 nitrogen and oxygen atoms in total. The van der Waals surface area contributed by atoms with Crippen molar-refractivity contribution in [1.82, 2.24) is 19.8 Å². The summed E-state index contributed by atoms with van der Waals surface area (Å²) >= 11 is 0. The maximum Gasteiger partial charge on any atom is 0.145 e. The fourth-order valence-electron chi connectivity index (χ4n) is 6.83. The van der Waals surface area contributed by atoms with Crippen LogP contribution in [0.25, 0.3) is 12.2 Å². The molecule has 0 spiro atoms. The van der Waals surface area contributed by atoms with E-state index in [-0.39, 0.29) is 6.04 Å². The Morgan fingerprint density at radius 1 is 0.826 bits per heavy atom. The van der Waals surface area contributed by atoms with Crippen molar-refractivity contribution in [3.8, 4) is 0 Å². The first-order chi connectivity index (χ1) is 22.7. The van der Waals surface area contributed by atoms with Crippen LogP contribution >= 0.6 is 0 Å². The molecule has 1 N–H and O–H groups in total. The minimum absolute atomic E-state index is 0.273. The number of piperazine rings is 1. The van der Waals surface area contributed by atoms with Gasteiger partial charge in [-0.15, -0.1) is 0 Å². The Kier molecular flexibility index (Phi) is 12.8. The molecule has 1 aromatic heterocycles. The first-order valence-electron chi connectivity index (χ1n) is 17.9. The molecular formula is C41H55N5. The Morgan fingerprint density at radius 3 is 2.24 bits per heavy atom. The van der Waals surface area contributed by atoms with Gasteiger partial charge in [0.15, 0.2) is 0 Å². The number of nitrogens with one attached hydrogen (secondary N) is 1. The van der Waals surface area contributed by atoms with Crippen LogP contribution < -0.4 is 15.9 Å². The van der Waals surface area contributed by atoms with Gasteiger partial charge in [0.05, 0.1) is 17.9 Å². The number of fused-ring (bicyclic) bond motifs is 1. The summed E-state index contributed by atoms with van der Waals surface area (Å²) in [6.45, 7) is 14.2. The molecule has 5 heteroatoms. The van der Waals surface area contributed by atoms with E-state index in [1.807, 2.05) is 13.8 Å². The normalized spacial score (nSPS) is 17.1. The molecular weight excluding hydrogens is 562 g/mol. The number of nitrogens with zero attached hydrogens (tertiary/aromatic N) is 4. The molecule has 2 aliphatic carbocycles. The molecule has 6 rings (SSSR count). The van der Waals surface area contributed by atoms with Crippen molar-refractivity contribution in [2.75, 3.05) is 38.0 Å². The van der Waals surface area contributed by atoms with Crippen LogP contribution in [0.3, 0.4) is 0 Å². The number of anilines is 1. The molecule has 0 saturated carbocycles. The second kappa shape index (κ2) is 17.4. The summed E-state index contributed by atoms with van der Waals surface area (Å²) in [5, 5.41) is 5.99. The van der Waals surface area contributed by atoms with Gasteiger partial charge in [0, 0.05) is 37.9 Å². The Hall–Kier alpha value is -3.54. The zero-order valence-electron chi connectivity index (χ0n) is 28.8. The highest BCUT2D eigenvalue weighted by Crippen LogP contribution is 2.30. The summed E-state index contributed by atoms with van der Waals surface area (Å²) in [6, 6.07) is 18.8. The summed E-state index contributed by atoms with van der Waals surface area (Å²) in [5.41, 5.74) is 7.07. The highest BCUT2D eigenvalue weighted by molar-refractivity contribution is 5.47. The smallest absolute Gasteiger partial charge is 0.145 e. The van der Waals surface area contributed by atoms with Gasteiger partial charge in [0.2, 0.25) is 0 Å². The van der Waals surface area contributed by atoms with Crippen LogP contribution in [0, 0.1) is 6.92 Å². The molecule has 1 unspecified atom stereocenters. The predicted octanol–water partition coefficient (Wildman–Crippen LogP) is 7.49. The van der Waals surface area contributed by atoms with Crippen LogP contribution in [0.5, 0.6) is 0 Å². The van der Waals surface area contributed by atoms with Crippen molar-refractivity contribution in [3.63, 3.8) is 0 Å². The van der Waals surface area contributed by atoms with Crippen LogP contribution in [0.2, 0.25) is 0 Å². The first kappa shape index (κ1) is 33.8. The van der Waals surface area contributed by atoms with E-state index >= 15 is 0 Å². The third-order valence-electron chi connectivity index (χ3n) is 9.31. The average molecular weight is 618 g/mol. The molecule has 1 fully saturated rings. The van der Waals surface area contributed by atoms with E-state index in [1.165, 1.54) is 46.7 Å². The van der Waals surface area contributed by atoms with Crippen LogP contribution in [-0.2, 0) is 13.0 Å². The Balaban J connectivity index is 0.00000204. The standard InChI is InChI=1S/C39H49N5.C2H6/c1-3-10-31-18-22-34(23-19-31)38(33-20-16-30(2)17-21-33)44-27-25-43(26-28-44)29-37-41-36-15-8-7-14-35(36)39(42-37)40-24-9-13-32-11-5-4-6-12-32;1-2/h4-5,11,14-23,38H,3,6-10,12-13,24-29H2,1-2H3,(H,40,41,42);1-2H3. The van der Waals surface area contributed by atoms with E-state index in [0.29, 0.717) is 0 Å². The lowest BCUT2D eigenvalue weighted by molar-refractivity contribution is 0.103. The van der Waals surface area contributed by atoms with Gasteiger partial charge in [-0.3, -0.25) is 9.80 Å². The Bertz CT molecular complexity index is 1560. The first-order valence-corrected chi connectivity index (χ1v) is 17.9. The SMILES string of the molecule is CC.CCCc1ccc(C(c2ccc(C)cc2)N2CCN(Cc3nc(NCCCC4=CC=CCC4)c4c(n3)=CCCC=4)CC2)cc1. The highest BCUT2D eigenvalue weighted by atomic mass is 15.3. The molecule has 46 heavy (non-hydrogen) atoms. The Labute approximate surface area is 277 Å². The highest BCUT2D eigenvalue weighted by Gasteiger charge is 2.27. The molecule has 1 atom stereocenters. The lowest BCUT2D eigenvalue weighted by Gasteiger charge is -2.39. The van der Waals surface area contributed by atoms with E-state index in [0.717, 1.165) is 88.4 Å². The number of hydrogen-bond acceptors (Lipinski definition) is 5. The number of benzene rings is 2. The summed E-state index contributed by atoms with van der Waals surface area (Å²) < 4.78 is 0. The number of rotatable bonds is 12.